The Morgan fingerprint density at radius 2 is 2.00 bits per heavy atom. The van der Waals surface area contributed by atoms with Gasteiger partial charge in [0.1, 0.15) is 11.6 Å². The summed E-state index contributed by atoms with van der Waals surface area (Å²) in [5.41, 5.74) is -0.0986. The van der Waals surface area contributed by atoms with Crippen LogP contribution in [0.1, 0.15) is 10.4 Å². The van der Waals surface area contributed by atoms with Crippen molar-refractivity contribution >= 4 is 33.2 Å². The molecule has 156 valence electrons. The zero-order chi connectivity index (χ0) is 21.2. The molecule has 1 heterocycles. The number of anilines is 1. The Morgan fingerprint density at radius 3 is 2.72 bits per heavy atom. The van der Waals surface area contributed by atoms with Crippen LogP contribution in [0.2, 0.25) is 5.02 Å². The third kappa shape index (κ3) is 5.09. The normalized spacial score (nSPS) is 18.3. The molecule has 3 rings (SSSR count). The van der Waals surface area contributed by atoms with E-state index in [9.17, 15) is 27.1 Å². The highest BCUT2D eigenvalue weighted by atomic mass is 35.5. The van der Waals surface area contributed by atoms with E-state index < -0.39 is 38.6 Å². The van der Waals surface area contributed by atoms with Crippen molar-refractivity contribution in [3.8, 4) is 0 Å². The maximum atomic E-state index is 14.1. The van der Waals surface area contributed by atoms with E-state index in [2.05, 4.69) is 5.32 Å². The fourth-order valence-corrected chi connectivity index (χ4v) is 4.45. The Kier molecular flexibility index (Phi) is 6.49. The van der Waals surface area contributed by atoms with Crippen LogP contribution in [0.5, 0.6) is 0 Å². The quantitative estimate of drug-likeness (QED) is 0.751. The second-order valence-corrected chi connectivity index (χ2v) is 8.70. The van der Waals surface area contributed by atoms with Crippen molar-refractivity contribution < 1.29 is 31.8 Å². The van der Waals surface area contributed by atoms with Gasteiger partial charge in [0.15, 0.2) is 0 Å². The highest BCUT2D eigenvalue weighted by Gasteiger charge is 2.29. The molecule has 1 amide bonds. The van der Waals surface area contributed by atoms with Crippen LogP contribution in [-0.2, 0) is 14.8 Å². The van der Waals surface area contributed by atoms with Gasteiger partial charge in [0.25, 0.3) is 5.91 Å². The number of aliphatic hydroxyl groups excluding tert-OH is 1. The van der Waals surface area contributed by atoms with Crippen LogP contribution < -0.4 is 5.32 Å². The van der Waals surface area contributed by atoms with Crippen molar-refractivity contribution in [2.45, 2.75) is 11.0 Å². The molecule has 2 aromatic rings. The minimum Gasteiger partial charge on any atom is -0.389 e. The number of carbonyl (C=O) groups is 1. The van der Waals surface area contributed by atoms with Crippen LogP contribution in [0.3, 0.4) is 0 Å². The van der Waals surface area contributed by atoms with Crippen molar-refractivity contribution in [2.75, 3.05) is 31.6 Å². The summed E-state index contributed by atoms with van der Waals surface area (Å²) in [7, 11) is -4.18. The van der Waals surface area contributed by atoms with Crippen LogP contribution >= 0.6 is 11.6 Å². The average molecular weight is 447 g/mol. The number of nitrogens with one attached hydrogen (secondary N) is 1. The Hall–Kier alpha value is -2.11. The maximum Gasteiger partial charge on any atom is 0.255 e. The van der Waals surface area contributed by atoms with Gasteiger partial charge >= 0.3 is 0 Å². The first kappa shape index (κ1) is 21.6. The number of halogens is 3. The van der Waals surface area contributed by atoms with Gasteiger partial charge in [0.05, 0.1) is 29.2 Å². The van der Waals surface area contributed by atoms with Crippen molar-refractivity contribution in [2.24, 2.45) is 0 Å². The lowest BCUT2D eigenvalue weighted by atomic mass is 10.2. The SMILES string of the molecule is O=C(Nc1ccc(F)c(Cl)c1)c1cc(F)cc(S(=O)(=O)N2CCOCC(O)C2)c1. The molecule has 1 aliphatic heterocycles. The van der Waals surface area contributed by atoms with Gasteiger partial charge in [-0.1, -0.05) is 11.6 Å². The molecule has 29 heavy (non-hydrogen) atoms. The molecule has 0 spiro atoms. The number of β-amino-alcohol motifs (C(OH)–C–C–N with tert-alkyl or cyclic N) is 1. The van der Waals surface area contributed by atoms with Crippen LogP contribution in [0.15, 0.2) is 41.3 Å². The number of hydrogen-bond acceptors (Lipinski definition) is 5. The largest absolute Gasteiger partial charge is 0.389 e. The second-order valence-electron chi connectivity index (χ2n) is 6.35. The standard InChI is InChI=1S/C18H17ClF2N2O5S/c19-16-8-13(1-2-17(16)21)22-18(25)11-5-12(20)7-15(6-11)29(26,27)23-3-4-28-10-14(24)9-23/h1-2,5-8,14,24H,3-4,9-10H2,(H,22,25). The van der Waals surface area contributed by atoms with Crippen molar-refractivity contribution in [3.63, 3.8) is 0 Å². The van der Waals surface area contributed by atoms with E-state index in [0.717, 1.165) is 28.6 Å². The van der Waals surface area contributed by atoms with E-state index in [1.807, 2.05) is 0 Å². The lowest BCUT2D eigenvalue weighted by Gasteiger charge is -2.21. The molecule has 11 heteroatoms. The van der Waals surface area contributed by atoms with Gasteiger partial charge in [-0.15, -0.1) is 0 Å². The molecule has 1 saturated heterocycles. The average Bonchev–Trinajstić information content (AvgIpc) is 2.89. The fourth-order valence-electron chi connectivity index (χ4n) is 2.75. The van der Waals surface area contributed by atoms with Gasteiger partial charge in [-0.2, -0.15) is 4.31 Å². The van der Waals surface area contributed by atoms with Crippen LogP contribution in [0.25, 0.3) is 0 Å². The van der Waals surface area contributed by atoms with Gasteiger partial charge in [0, 0.05) is 24.3 Å². The van der Waals surface area contributed by atoms with Crippen molar-refractivity contribution in [1.29, 1.82) is 0 Å². The third-order valence-electron chi connectivity index (χ3n) is 4.16. The van der Waals surface area contributed by atoms with Gasteiger partial charge < -0.3 is 15.2 Å². The molecular weight excluding hydrogens is 430 g/mol. The minimum absolute atomic E-state index is 0.0109. The molecule has 0 aliphatic carbocycles. The summed E-state index contributed by atoms with van der Waals surface area (Å²) in [6.45, 7) is -0.173. The smallest absolute Gasteiger partial charge is 0.255 e. The fraction of sp³-hybridized carbons (Fsp3) is 0.278. The molecule has 0 radical (unpaired) electrons. The van der Waals surface area contributed by atoms with E-state index in [-0.39, 0.29) is 42.6 Å². The van der Waals surface area contributed by atoms with E-state index >= 15 is 0 Å². The predicted molar refractivity (Wildman–Crippen MR) is 101 cm³/mol. The maximum absolute atomic E-state index is 14.1. The number of carbonyl (C=O) groups excluding carboxylic acids is 1. The van der Waals surface area contributed by atoms with Gasteiger partial charge in [-0.3, -0.25) is 4.79 Å². The van der Waals surface area contributed by atoms with E-state index in [1.54, 1.807) is 0 Å². The number of aliphatic hydroxyl groups is 1. The molecule has 2 aromatic carbocycles. The Balaban J connectivity index is 1.88. The summed E-state index contributed by atoms with van der Waals surface area (Å²) in [4.78, 5) is 12.0. The molecule has 1 atom stereocenters. The number of benzene rings is 2. The number of rotatable bonds is 4. The van der Waals surface area contributed by atoms with E-state index in [4.69, 9.17) is 16.3 Å². The van der Waals surface area contributed by atoms with Gasteiger partial charge in [-0.25, -0.2) is 17.2 Å². The topological polar surface area (TPSA) is 95.9 Å². The summed E-state index contributed by atoms with van der Waals surface area (Å²) in [6, 6.07) is 6.17. The Bertz CT molecular complexity index is 1030. The Morgan fingerprint density at radius 1 is 1.24 bits per heavy atom. The molecule has 0 bridgehead atoms. The summed E-state index contributed by atoms with van der Waals surface area (Å²) in [6.07, 6.45) is -1.02. The number of hydrogen-bond donors (Lipinski definition) is 2. The first-order valence-electron chi connectivity index (χ1n) is 8.50. The monoisotopic (exact) mass is 446 g/mol. The molecule has 1 fully saturated rings. The molecule has 0 saturated carbocycles. The van der Waals surface area contributed by atoms with Gasteiger partial charge in [-0.05, 0) is 36.4 Å². The summed E-state index contributed by atoms with van der Waals surface area (Å²) < 4.78 is 59.1. The van der Waals surface area contributed by atoms with Gasteiger partial charge in [0.2, 0.25) is 10.0 Å². The van der Waals surface area contributed by atoms with E-state index in [1.165, 1.54) is 12.1 Å². The zero-order valence-electron chi connectivity index (χ0n) is 14.9. The summed E-state index contributed by atoms with van der Waals surface area (Å²) in [5.74, 6) is -2.41. The Labute approximate surface area is 170 Å². The number of amides is 1. The molecule has 1 aliphatic rings. The molecule has 7 nitrogen and oxygen atoms in total. The first-order valence-corrected chi connectivity index (χ1v) is 10.3. The summed E-state index contributed by atoms with van der Waals surface area (Å²) >= 11 is 5.66. The number of nitrogens with zero attached hydrogens (tertiary/aromatic N) is 1. The van der Waals surface area contributed by atoms with Crippen LogP contribution in [0, 0.1) is 11.6 Å². The van der Waals surface area contributed by atoms with Crippen LogP contribution in [-0.4, -0.2) is 56.1 Å². The van der Waals surface area contributed by atoms with Crippen molar-refractivity contribution in [3.05, 3.63) is 58.6 Å². The highest BCUT2D eigenvalue weighted by Crippen LogP contribution is 2.23. The van der Waals surface area contributed by atoms with Crippen molar-refractivity contribution in [1.82, 2.24) is 4.31 Å². The molecular formula is C18H17ClF2N2O5S. The van der Waals surface area contributed by atoms with E-state index in [0.29, 0.717) is 0 Å². The zero-order valence-corrected chi connectivity index (χ0v) is 16.5. The number of ether oxygens (including phenoxy) is 1. The van der Waals surface area contributed by atoms with Crippen LogP contribution in [0.4, 0.5) is 14.5 Å². The number of sulfonamides is 1. The summed E-state index contributed by atoms with van der Waals surface area (Å²) in [5, 5.41) is 12.0. The lowest BCUT2D eigenvalue weighted by Crippen LogP contribution is -2.37. The first-order chi connectivity index (χ1) is 13.7. The minimum atomic E-state index is -4.18. The molecule has 2 N–H and O–H groups in total. The molecule has 0 aromatic heterocycles. The third-order valence-corrected chi connectivity index (χ3v) is 6.29. The predicted octanol–water partition coefficient (Wildman–Crippen LogP) is 2.25. The lowest BCUT2D eigenvalue weighted by molar-refractivity contribution is 0.0583. The molecule has 1 unspecified atom stereocenters. The second kappa shape index (κ2) is 8.72. The highest BCUT2D eigenvalue weighted by molar-refractivity contribution is 7.89.